The molecule has 0 saturated carbocycles. The Kier molecular flexibility index (Phi) is 5.64. The molecular weight excluding hydrogens is 332 g/mol. The first-order valence-corrected chi connectivity index (χ1v) is 8.07. The number of esters is 1. The maximum atomic E-state index is 12.8. The van der Waals surface area contributed by atoms with Crippen molar-refractivity contribution in [3.63, 3.8) is 0 Å². The Hall–Kier alpha value is -2.74. The number of carboxylic acids is 1. The molecule has 1 heterocycles. The molecular formula is C16H16N2O5S. The third-order valence-electron chi connectivity index (χ3n) is 3.08. The van der Waals surface area contributed by atoms with Gasteiger partial charge in [-0.15, -0.1) is 11.3 Å². The molecule has 0 fully saturated rings. The van der Waals surface area contributed by atoms with E-state index in [1.165, 1.54) is 12.3 Å². The van der Waals surface area contributed by atoms with Crippen LogP contribution in [0.3, 0.4) is 0 Å². The number of nitrogens with zero attached hydrogens (tertiary/aromatic N) is 2. The average Bonchev–Trinajstić information content (AvgIpc) is 2.98. The number of ether oxygens (including phenoxy) is 1. The molecule has 0 aliphatic heterocycles. The minimum Gasteiger partial charge on any atom is -0.480 e. The first kappa shape index (κ1) is 17.6. The second kappa shape index (κ2) is 7.69. The zero-order chi connectivity index (χ0) is 17.7. The standard InChI is InChI=1S/C16H16N2O5S/c1-3-23-15(22)12-9-24-16(17-10(2)14(20)21)18(12)13(19)11-7-5-4-6-8-11/h4-10H,3H2,1-2H3,(H,20,21). The van der Waals surface area contributed by atoms with Gasteiger partial charge in [0.2, 0.25) is 0 Å². The van der Waals surface area contributed by atoms with Crippen LogP contribution in [0, 0.1) is 0 Å². The van der Waals surface area contributed by atoms with E-state index < -0.39 is 23.9 Å². The predicted molar refractivity (Wildman–Crippen MR) is 87.1 cm³/mol. The van der Waals surface area contributed by atoms with E-state index in [1.54, 1.807) is 37.3 Å². The summed E-state index contributed by atoms with van der Waals surface area (Å²) in [5.74, 6) is -2.27. The van der Waals surface area contributed by atoms with Gasteiger partial charge < -0.3 is 9.84 Å². The molecule has 1 unspecified atom stereocenters. The second-order valence-electron chi connectivity index (χ2n) is 4.77. The Balaban J connectivity index is 2.60. The molecule has 1 N–H and O–H groups in total. The van der Waals surface area contributed by atoms with Crippen molar-refractivity contribution in [1.29, 1.82) is 0 Å². The van der Waals surface area contributed by atoms with E-state index in [2.05, 4.69) is 4.99 Å². The van der Waals surface area contributed by atoms with E-state index in [0.29, 0.717) is 5.56 Å². The highest BCUT2D eigenvalue weighted by atomic mass is 32.1. The maximum Gasteiger partial charge on any atom is 0.356 e. The van der Waals surface area contributed by atoms with Gasteiger partial charge in [0.1, 0.15) is 11.7 Å². The lowest BCUT2D eigenvalue weighted by Gasteiger charge is -2.07. The third kappa shape index (κ3) is 3.77. The number of rotatable bonds is 5. The molecule has 24 heavy (non-hydrogen) atoms. The molecule has 2 aromatic rings. The predicted octanol–water partition coefficient (Wildman–Crippen LogP) is 1.79. The summed E-state index contributed by atoms with van der Waals surface area (Å²) in [7, 11) is 0. The van der Waals surface area contributed by atoms with Crippen LogP contribution in [0.25, 0.3) is 0 Å². The van der Waals surface area contributed by atoms with E-state index in [9.17, 15) is 14.4 Å². The van der Waals surface area contributed by atoms with E-state index in [4.69, 9.17) is 9.84 Å². The second-order valence-corrected chi connectivity index (χ2v) is 5.61. The molecule has 0 aliphatic rings. The summed E-state index contributed by atoms with van der Waals surface area (Å²) in [6.45, 7) is 3.21. The summed E-state index contributed by atoms with van der Waals surface area (Å²) in [5.41, 5.74) is 0.373. The highest BCUT2D eigenvalue weighted by Crippen LogP contribution is 2.10. The number of carbonyl (C=O) groups is 3. The van der Waals surface area contributed by atoms with E-state index in [-0.39, 0.29) is 17.1 Å². The number of carbonyl (C=O) groups excluding carboxylic acids is 2. The van der Waals surface area contributed by atoms with E-state index in [1.807, 2.05) is 0 Å². The van der Waals surface area contributed by atoms with Gasteiger partial charge in [0, 0.05) is 10.9 Å². The van der Waals surface area contributed by atoms with Crippen LogP contribution in [-0.4, -0.2) is 40.2 Å². The fraction of sp³-hybridized carbons (Fsp3) is 0.250. The van der Waals surface area contributed by atoms with Crippen molar-refractivity contribution in [3.8, 4) is 0 Å². The molecule has 1 atom stereocenters. The first-order chi connectivity index (χ1) is 11.5. The number of carboxylic acid groups (broad SMARTS) is 1. The van der Waals surface area contributed by atoms with Crippen molar-refractivity contribution < 1.29 is 24.2 Å². The normalized spacial score (nSPS) is 12.7. The van der Waals surface area contributed by atoms with Crippen molar-refractivity contribution in [1.82, 2.24) is 4.57 Å². The Labute approximate surface area is 141 Å². The van der Waals surface area contributed by atoms with Gasteiger partial charge in [0.15, 0.2) is 4.80 Å². The van der Waals surface area contributed by atoms with Gasteiger partial charge in [-0.05, 0) is 26.0 Å². The molecule has 0 spiro atoms. The van der Waals surface area contributed by atoms with Crippen LogP contribution in [0.2, 0.25) is 0 Å². The highest BCUT2D eigenvalue weighted by Gasteiger charge is 2.22. The van der Waals surface area contributed by atoms with Crippen molar-refractivity contribution in [2.45, 2.75) is 19.9 Å². The zero-order valence-electron chi connectivity index (χ0n) is 13.1. The Morgan fingerprint density at radius 3 is 2.54 bits per heavy atom. The molecule has 1 aromatic carbocycles. The van der Waals surface area contributed by atoms with Crippen LogP contribution in [0.4, 0.5) is 0 Å². The molecule has 126 valence electrons. The quantitative estimate of drug-likeness (QED) is 0.831. The van der Waals surface area contributed by atoms with Crippen LogP contribution in [0.1, 0.15) is 34.7 Å². The summed E-state index contributed by atoms with van der Waals surface area (Å²) in [4.78, 5) is 40.0. The van der Waals surface area contributed by atoms with Gasteiger partial charge in [0.25, 0.3) is 5.91 Å². The monoisotopic (exact) mass is 348 g/mol. The van der Waals surface area contributed by atoms with Crippen LogP contribution in [0.5, 0.6) is 0 Å². The number of hydrogen-bond acceptors (Lipinski definition) is 6. The molecule has 2 rings (SSSR count). The van der Waals surface area contributed by atoms with Crippen molar-refractivity contribution >= 4 is 29.2 Å². The molecule has 0 radical (unpaired) electrons. The smallest absolute Gasteiger partial charge is 0.356 e. The Bertz CT molecular complexity index is 822. The summed E-state index contributed by atoms with van der Waals surface area (Å²) in [6.07, 6.45) is 0. The average molecular weight is 348 g/mol. The zero-order valence-corrected chi connectivity index (χ0v) is 13.9. The van der Waals surface area contributed by atoms with Crippen LogP contribution in [-0.2, 0) is 9.53 Å². The molecule has 0 amide bonds. The van der Waals surface area contributed by atoms with Gasteiger partial charge in [0.05, 0.1) is 6.61 Å². The summed E-state index contributed by atoms with van der Waals surface area (Å²) in [6, 6.07) is 7.31. The minimum absolute atomic E-state index is 0.0204. The van der Waals surface area contributed by atoms with Gasteiger partial charge >= 0.3 is 11.9 Å². The fourth-order valence-electron chi connectivity index (χ4n) is 1.88. The van der Waals surface area contributed by atoms with Gasteiger partial charge in [-0.1, -0.05) is 18.2 Å². The summed E-state index contributed by atoms with van der Waals surface area (Å²) >= 11 is 1.01. The SMILES string of the molecule is CCOC(=O)c1csc(=NC(C)C(=O)O)n1C(=O)c1ccccc1. The van der Waals surface area contributed by atoms with Crippen molar-refractivity contribution in [3.05, 3.63) is 51.8 Å². The highest BCUT2D eigenvalue weighted by molar-refractivity contribution is 7.07. The molecule has 0 aliphatic carbocycles. The van der Waals surface area contributed by atoms with Crippen LogP contribution >= 0.6 is 11.3 Å². The van der Waals surface area contributed by atoms with Crippen LogP contribution in [0.15, 0.2) is 40.7 Å². The van der Waals surface area contributed by atoms with E-state index in [0.717, 1.165) is 15.9 Å². The molecule has 0 saturated heterocycles. The summed E-state index contributed by atoms with van der Waals surface area (Å²) in [5, 5.41) is 10.5. The Morgan fingerprint density at radius 2 is 1.96 bits per heavy atom. The first-order valence-electron chi connectivity index (χ1n) is 7.19. The molecule has 0 bridgehead atoms. The Morgan fingerprint density at radius 1 is 1.29 bits per heavy atom. The number of thiazole rings is 1. The van der Waals surface area contributed by atoms with Gasteiger partial charge in [-0.2, -0.15) is 0 Å². The van der Waals surface area contributed by atoms with Gasteiger partial charge in [-0.3, -0.25) is 4.79 Å². The minimum atomic E-state index is -1.13. The summed E-state index contributed by atoms with van der Waals surface area (Å²) < 4.78 is 6.05. The fourth-order valence-corrected chi connectivity index (χ4v) is 2.80. The molecule has 7 nitrogen and oxygen atoms in total. The van der Waals surface area contributed by atoms with Crippen molar-refractivity contribution in [2.75, 3.05) is 6.61 Å². The van der Waals surface area contributed by atoms with Crippen LogP contribution < -0.4 is 4.80 Å². The largest absolute Gasteiger partial charge is 0.480 e. The lowest BCUT2D eigenvalue weighted by molar-refractivity contribution is -0.138. The van der Waals surface area contributed by atoms with Gasteiger partial charge in [-0.25, -0.2) is 19.1 Å². The third-order valence-corrected chi connectivity index (χ3v) is 3.92. The maximum absolute atomic E-state index is 12.8. The lowest BCUT2D eigenvalue weighted by Crippen LogP contribution is -2.30. The number of aromatic nitrogens is 1. The lowest BCUT2D eigenvalue weighted by atomic mass is 10.2. The van der Waals surface area contributed by atoms with E-state index >= 15 is 0 Å². The van der Waals surface area contributed by atoms with Crippen molar-refractivity contribution in [2.24, 2.45) is 4.99 Å². The number of aliphatic carboxylic acids is 1. The number of benzene rings is 1. The molecule has 8 heteroatoms. The topological polar surface area (TPSA) is 98.0 Å². The number of hydrogen-bond donors (Lipinski definition) is 1. The molecule has 1 aromatic heterocycles.